The number of para-hydroxylation sites is 1. The van der Waals surface area contributed by atoms with Gasteiger partial charge in [0.05, 0.1) is 11.8 Å². The van der Waals surface area contributed by atoms with Crippen LogP contribution in [0.2, 0.25) is 0 Å². The zero-order chi connectivity index (χ0) is 21.8. The number of rotatable bonds is 7. The van der Waals surface area contributed by atoms with Crippen molar-refractivity contribution >= 4 is 5.69 Å². The fourth-order valence-electron chi connectivity index (χ4n) is 4.06. The van der Waals surface area contributed by atoms with E-state index >= 15 is 0 Å². The minimum Gasteiger partial charge on any atom is -0.491 e. The summed E-state index contributed by atoms with van der Waals surface area (Å²) >= 11 is 0. The van der Waals surface area contributed by atoms with E-state index in [1.54, 1.807) is 9.13 Å². The first-order chi connectivity index (χ1) is 15.0. The number of ether oxygens (including phenoxy) is 1. The Labute approximate surface area is 184 Å². The zero-order valence-electron chi connectivity index (χ0n) is 18.7. The van der Waals surface area contributed by atoms with Gasteiger partial charge in [-0.05, 0) is 63.2 Å². The van der Waals surface area contributed by atoms with E-state index in [2.05, 4.69) is 41.1 Å². The van der Waals surface area contributed by atoms with Crippen molar-refractivity contribution in [3.05, 3.63) is 77.0 Å². The average molecular weight is 421 g/mol. The van der Waals surface area contributed by atoms with Crippen molar-refractivity contribution in [2.45, 2.75) is 32.9 Å². The second-order valence-corrected chi connectivity index (χ2v) is 8.47. The summed E-state index contributed by atoms with van der Waals surface area (Å²) in [6.07, 6.45) is 4.67. The average Bonchev–Trinajstić information content (AvgIpc) is 3.13. The summed E-state index contributed by atoms with van der Waals surface area (Å²) in [4.78, 5) is 17.8. The van der Waals surface area contributed by atoms with Crippen molar-refractivity contribution in [1.29, 1.82) is 0 Å². The molecule has 6 nitrogen and oxygen atoms in total. The van der Waals surface area contributed by atoms with Crippen molar-refractivity contribution in [2.24, 2.45) is 0 Å². The highest BCUT2D eigenvalue weighted by Crippen LogP contribution is 2.22. The Kier molecular flexibility index (Phi) is 6.47. The quantitative estimate of drug-likeness (QED) is 0.587. The molecule has 0 atom stereocenters. The zero-order valence-corrected chi connectivity index (χ0v) is 18.7. The normalized spacial score (nSPS) is 14.9. The second kappa shape index (κ2) is 9.43. The maximum Gasteiger partial charge on any atom is 0.332 e. The summed E-state index contributed by atoms with van der Waals surface area (Å²) in [6, 6.07) is 16.2. The lowest BCUT2D eigenvalue weighted by molar-refractivity contribution is 0.242. The fourth-order valence-corrected chi connectivity index (χ4v) is 4.06. The van der Waals surface area contributed by atoms with E-state index in [0.717, 1.165) is 44.0 Å². The van der Waals surface area contributed by atoms with Crippen LogP contribution < -0.4 is 15.3 Å². The molecule has 0 amide bonds. The molecule has 31 heavy (non-hydrogen) atoms. The minimum absolute atomic E-state index is 0.0189. The van der Waals surface area contributed by atoms with E-state index in [0.29, 0.717) is 6.54 Å². The Bertz CT molecular complexity index is 1040. The lowest BCUT2D eigenvalue weighted by Gasteiger charge is -2.35. The number of likely N-dealkylation sites (N-methyl/N-ethyl adjacent to an activating group) is 1. The van der Waals surface area contributed by atoms with Crippen LogP contribution in [0.4, 0.5) is 5.69 Å². The van der Waals surface area contributed by atoms with E-state index < -0.39 is 0 Å². The topological polar surface area (TPSA) is 42.6 Å². The van der Waals surface area contributed by atoms with E-state index in [4.69, 9.17) is 4.74 Å². The summed E-state index contributed by atoms with van der Waals surface area (Å²) < 4.78 is 9.17. The molecular formula is C25H32N4O2. The third-order valence-electron chi connectivity index (χ3n) is 5.79. The standard InChI is InChI=1S/C25H32N4O2/c1-20(2)31-23-10-8-22(9-11-23)29-19-18-28(25(29)30)13-12-21-6-4-5-7-24(21)27-16-14-26(3)15-17-27/h4-11,18-20H,12-17H2,1-3H3. The van der Waals surface area contributed by atoms with Gasteiger partial charge in [0.1, 0.15) is 5.75 Å². The van der Waals surface area contributed by atoms with Gasteiger partial charge in [-0.1, -0.05) is 18.2 Å². The molecule has 1 aliphatic rings. The van der Waals surface area contributed by atoms with Crippen LogP contribution in [-0.4, -0.2) is 53.4 Å². The lowest BCUT2D eigenvalue weighted by Crippen LogP contribution is -2.44. The second-order valence-electron chi connectivity index (χ2n) is 8.47. The molecule has 0 aliphatic carbocycles. The van der Waals surface area contributed by atoms with Gasteiger partial charge >= 0.3 is 5.69 Å². The van der Waals surface area contributed by atoms with Gasteiger partial charge in [-0.3, -0.25) is 9.13 Å². The molecule has 0 bridgehead atoms. The SMILES string of the molecule is CC(C)Oc1ccc(-n2ccn(CCc3ccccc3N3CCN(C)CC3)c2=O)cc1. The minimum atomic E-state index is -0.0189. The van der Waals surface area contributed by atoms with E-state index in [1.165, 1.54) is 11.3 Å². The number of imidazole rings is 1. The van der Waals surface area contributed by atoms with E-state index in [1.807, 2.05) is 50.5 Å². The molecule has 0 radical (unpaired) electrons. The van der Waals surface area contributed by atoms with Crippen LogP contribution in [0.25, 0.3) is 5.69 Å². The molecule has 0 spiro atoms. The molecule has 0 N–H and O–H groups in total. The third kappa shape index (κ3) is 5.02. The first kappa shape index (κ1) is 21.2. The summed E-state index contributed by atoms with van der Waals surface area (Å²) in [5.41, 5.74) is 3.41. The number of nitrogens with zero attached hydrogens (tertiary/aromatic N) is 4. The monoisotopic (exact) mass is 420 g/mol. The number of aromatic nitrogens is 2. The van der Waals surface area contributed by atoms with Gasteiger partial charge in [-0.15, -0.1) is 0 Å². The lowest BCUT2D eigenvalue weighted by atomic mass is 10.1. The van der Waals surface area contributed by atoms with Gasteiger partial charge in [0.2, 0.25) is 0 Å². The van der Waals surface area contributed by atoms with E-state index in [9.17, 15) is 4.79 Å². The first-order valence-electron chi connectivity index (χ1n) is 11.1. The van der Waals surface area contributed by atoms with Crippen LogP contribution in [0.3, 0.4) is 0 Å². The molecule has 2 aromatic carbocycles. The largest absolute Gasteiger partial charge is 0.491 e. The molecule has 1 saturated heterocycles. The molecule has 4 rings (SSSR count). The van der Waals surface area contributed by atoms with Crippen LogP contribution in [-0.2, 0) is 13.0 Å². The van der Waals surface area contributed by atoms with Crippen molar-refractivity contribution in [1.82, 2.24) is 14.0 Å². The predicted molar refractivity (Wildman–Crippen MR) is 126 cm³/mol. The number of piperazine rings is 1. The summed E-state index contributed by atoms with van der Waals surface area (Å²) in [5, 5.41) is 0. The Balaban J connectivity index is 1.46. The maximum absolute atomic E-state index is 13.0. The van der Waals surface area contributed by atoms with Crippen LogP contribution in [0.5, 0.6) is 5.75 Å². The third-order valence-corrected chi connectivity index (χ3v) is 5.79. The number of hydrogen-bond donors (Lipinski definition) is 0. The van der Waals surface area contributed by atoms with Gasteiger partial charge in [0.25, 0.3) is 0 Å². The Hall–Kier alpha value is -2.99. The van der Waals surface area contributed by atoms with Crippen LogP contribution in [0, 0.1) is 0 Å². The molecule has 3 aromatic rings. The molecule has 6 heteroatoms. The van der Waals surface area contributed by atoms with Crippen LogP contribution >= 0.6 is 0 Å². The highest BCUT2D eigenvalue weighted by molar-refractivity contribution is 5.54. The predicted octanol–water partition coefficient (Wildman–Crippen LogP) is 3.42. The molecule has 1 aliphatic heterocycles. The number of aryl methyl sites for hydroxylation is 2. The molecule has 0 saturated carbocycles. The number of anilines is 1. The smallest absolute Gasteiger partial charge is 0.332 e. The Morgan fingerprint density at radius 2 is 1.65 bits per heavy atom. The summed E-state index contributed by atoms with van der Waals surface area (Å²) in [5.74, 6) is 0.812. The summed E-state index contributed by atoms with van der Waals surface area (Å²) in [6.45, 7) is 8.90. The van der Waals surface area contributed by atoms with Gasteiger partial charge in [0.15, 0.2) is 0 Å². The van der Waals surface area contributed by atoms with E-state index in [-0.39, 0.29) is 11.8 Å². The molecule has 164 valence electrons. The van der Waals surface area contributed by atoms with Crippen molar-refractivity contribution in [2.75, 3.05) is 38.1 Å². The first-order valence-corrected chi connectivity index (χ1v) is 11.1. The highest BCUT2D eigenvalue weighted by atomic mass is 16.5. The highest BCUT2D eigenvalue weighted by Gasteiger charge is 2.17. The van der Waals surface area contributed by atoms with Crippen molar-refractivity contribution < 1.29 is 4.74 Å². The summed E-state index contributed by atoms with van der Waals surface area (Å²) in [7, 11) is 2.17. The maximum atomic E-state index is 13.0. The van der Waals surface area contributed by atoms with Crippen molar-refractivity contribution in [3.63, 3.8) is 0 Å². The molecule has 1 aromatic heterocycles. The Morgan fingerprint density at radius 1 is 0.935 bits per heavy atom. The molecular weight excluding hydrogens is 388 g/mol. The molecule has 0 unspecified atom stereocenters. The number of benzene rings is 2. The Morgan fingerprint density at radius 3 is 2.35 bits per heavy atom. The molecule has 2 heterocycles. The van der Waals surface area contributed by atoms with Gasteiger partial charge < -0.3 is 14.5 Å². The van der Waals surface area contributed by atoms with Gasteiger partial charge in [0, 0.05) is 50.8 Å². The number of hydrogen-bond acceptors (Lipinski definition) is 4. The molecule has 1 fully saturated rings. The van der Waals surface area contributed by atoms with Gasteiger partial charge in [-0.25, -0.2) is 4.79 Å². The van der Waals surface area contributed by atoms with Crippen LogP contribution in [0.15, 0.2) is 65.7 Å². The fraction of sp³-hybridized carbons (Fsp3) is 0.400. The van der Waals surface area contributed by atoms with Crippen LogP contribution in [0.1, 0.15) is 19.4 Å². The van der Waals surface area contributed by atoms with Gasteiger partial charge in [-0.2, -0.15) is 0 Å². The van der Waals surface area contributed by atoms with Crippen molar-refractivity contribution in [3.8, 4) is 11.4 Å².